The molecule has 15 heavy (non-hydrogen) atoms. The number of ether oxygens (including phenoxy) is 1. The number of hydrogen-bond donors (Lipinski definition) is 1. The highest BCUT2D eigenvalue weighted by atomic mass is 16.5. The fraction of sp³-hybridized carbons (Fsp3) is 0.417. The lowest BCUT2D eigenvalue weighted by Crippen LogP contribution is -2.09. The summed E-state index contributed by atoms with van der Waals surface area (Å²) < 4.78 is 5.42. The summed E-state index contributed by atoms with van der Waals surface area (Å²) in [5.41, 5.74) is 8.40. The maximum absolute atomic E-state index is 8.64. The highest BCUT2D eigenvalue weighted by Crippen LogP contribution is 2.31. The standard InChI is InChI=1S/C12H14N2O/c1-8(7-13)15-10-3-4-11-9(6-10)2-5-12(11)14/h3-4,6,8,12H,2,5,14H2,1H3. The number of rotatable bonds is 2. The van der Waals surface area contributed by atoms with Gasteiger partial charge in [0.1, 0.15) is 11.8 Å². The summed E-state index contributed by atoms with van der Waals surface area (Å²) in [7, 11) is 0. The van der Waals surface area contributed by atoms with Gasteiger partial charge in [-0.05, 0) is 43.0 Å². The van der Waals surface area contributed by atoms with E-state index in [-0.39, 0.29) is 6.04 Å². The zero-order valence-corrected chi connectivity index (χ0v) is 8.73. The number of aryl methyl sites for hydroxylation is 1. The fourth-order valence-electron chi connectivity index (χ4n) is 1.93. The summed E-state index contributed by atoms with van der Waals surface area (Å²) >= 11 is 0. The van der Waals surface area contributed by atoms with E-state index in [4.69, 9.17) is 15.7 Å². The van der Waals surface area contributed by atoms with Gasteiger partial charge in [-0.3, -0.25) is 0 Å². The molecule has 0 fully saturated rings. The van der Waals surface area contributed by atoms with E-state index in [2.05, 4.69) is 0 Å². The molecule has 3 heteroatoms. The van der Waals surface area contributed by atoms with Crippen molar-refractivity contribution in [2.75, 3.05) is 0 Å². The van der Waals surface area contributed by atoms with Gasteiger partial charge in [0.2, 0.25) is 0 Å². The summed E-state index contributed by atoms with van der Waals surface area (Å²) in [4.78, 5) is 0. The van der Waals surface area contributed by atoms with Gasteiger partial charge < -0.3 is 10.5 Å². The molecular weight excluding hydrogens is 188 g/mol. The fourth-order valence-corrected chi connectivity index (χ4v) is 1.93. The lowest BCUT2D eigenvalue weighted by molar-refractivity contribution is 0.276. The van der Waals surface area contributed by atoms with E-state index < -0.39 is 6.10 Å². The molecule has 0 saturated carbocycles. The van der Waals surface area contributed by atoms with Crippen LogP contribution in [0.4, 0.5) is 0 Å². The third-order valence-corrected chi connectivity index (χ3v) is 2.73. The van der Waals surface area contributed by atoms with Crippen molar-refractivity contribution >= 4 is 0 Å². The van der Waals surface area contributed by atoms with Gasteiger partial charge in [0.05, 0.1) is 0 Å². The molecule has 2 rings (SSSR count). The van der Waals surface area contributed by atoms with Crippen LogP contribution in [-0.2, 0) is 6.42 Å². The lowest BCUT2D eigenvalue weighted by atomic mass is 10.1. The molecule has 0 spiro atoms. The summed E-state index contributed by atoms with van der Waals surface area (Å²) in [6.07, 6.45) is 1.61. The molecule has 2 atom stereocenters. The number of nitriles is 1. The van der Waals surface area contributed by atoms with E-state index in [0.29, 0.717) is 0 Å². The van der Waals surface area contributed by atoms with E-state index in [1.54, 1.807) is 6.92 Å². The van der Waals surface area contributed by atoms with Crippen LogP contribution in [0.25, 0.3) is 0 Å². The van der Waals surface area contributed by atoms with Crippen LogP contribution >= 0.6 is 0 Å². The molecule has 78 valence electrons. The highest BCUT2D eigenvalue weighted by molar-refractivity contribution is 5.40. The minimum Gasteiger partial charge on any atom is -0.476 e. The number of nitrogens with two attached hydrogens (primary N) is 1. The van der Waals surface area contributed by atoms with Gasteiger partial charge in [-0.2, -0.15) is 5.26 Å². The molecule has 0 radical (unpaired) electrons. The van der Waals surface area contributed by atoms with Crippen molar-refractivity contribution in [3.63, 3.8) is 0 Å². The van der Waals surface area contributed by atoms with Gasteiger partial charge in [-0.15, -0.1) is 0 Å². The summed E-state index contributed by atoms with van der Waals surface area (Å²) in [6, 6.07) is 8.10. The predicted molar refractivity (Wildman–Crippen MR) is 57.4 cm³/mol. The molecule has 3 nitrogen and oxygen atoms in total. The highest BCUT2D eigenvalue weighted by Gasteiger charge is 2.19. The zero-order valence-electron chi connectivity index (χ0n) is 8.73. The number of hydrogen-bond acceptors (Lipinski definition) is 3. The van der Waals surface area contributed by atoms with Crippen LogP contribution in [0.15, 0.2) is 18.2 Å². The van der Waals surface area contributed by atoms with Crippen molar-refractivity contribution in [2.45, 2.75) is 31.9 Å². The monoisotopic (exact) mass is 202 g/mol. The molecule has 0 heterocycles. The van der Waals surface area contributed by atoms with Gasteiger partial charge in [0.25, 0.3) is 0 Å². The van der Waals surface area contributed by atoms with E-state index in [9.17, 15) is 0 Å². The Morgan fingerprint density at radius 2 is 2.40 bits per heavy atom. The third kappa shape index (κ3) is 1.95. The second kappa shape index (κ2) is 3.92. The molecule has 0 bridgehead atoms. The Bertz CT molecular complexity index is 409. The van der Waals surface area contributed by atoms with E-state index >= 15 is 0 Å². The molecule has 1 aromatic carbocycles. The molecule has 2 unspecified atom stereocenters. The second-order valence-electron chi connectivity index (χ2n) is 3.89. The van der Waals surface area contributed by atoms with Gasteiger partial charge in [0.15, 0.2) is 6.10 Å². The molecule has 1 aliphatic carbocycles. The first-order valence-electron chi connectivity index (χ1n) is 5.15. The molecule has 0 saturated heterocycles. The Labute approximate surface area is 89.5 Å². The number of fused-ring (bicyclic) bond motifs is 1. The maximum atomic E-state index is 8.64. The predicted octanol–water partition coefficient (Wildman–Crippen LogP) is 1.92. The van der Waals surface area contributed by atoms with Crippen molar-refractivity contribution < 1.29 is 4.74 Å². The number of nitrogens with zero attached hydrogens (tertiary/aromatic N) is 1. The van der Waals surface area contributed by atoms with Crippen LogP contribution in [-0.4, -0.2) is 6.10 Å². The molecule has 0 amide bonds. The first-order valence-corrected chi connectivity index (χ1v) is 5.15. The summed E-state index contributed by atoms with van der Waals surface area (Å²) in [5, 5.41) is 8.64. The first kappa shape index (κ1) is 10.0. The van der Waals surface area contributed by atoms with Gasteiger partial charge in [0, 0.05) is 6.04 Å². The molecule has 2 N–H and O–H groups in total. The van der Waals surface area contributed by atoms with Crippen molar-refractivity contribution in [2.24, 2.45) is 5.73 Å². The van der Waals surface area contributed by atoms with E-state index in [1.807, 2.05) is 24.3 Å². The van der Waals surface area contributed by atoms with Gasteiger partial charge in [-0.1, -0.05) is 6.07 Å². The van der Waals surface area contributed by atoms with Crippen LogP contribution in [0, 0.1) is 11.3 Å². The minimum absolute atomic E-state index is 0.169. The van der Waals surface area contributed by atoms with Crippen molar-refractivity contribution in [3.05, 3.63) is 29.3 Å². The normalized spacial score (nSPS) is 20.5. The third-order valence-electron chi connectivity index (χ3n) is 2.73. The Morgan fingerprint density at radius 1 is 1.60 bits per heavy atom. The number of benzene rings is 1. The summed E-state index contributed by atoms with van der Waals surface area (Å²) in [6.45, 7) is 1.74. The van der Waals surface area contributed by atoms with Crippen LogP contribution in [0.2, 0.25) is 0 Å². The Morgan fingerprint density at radius 3 is 3.13 bits per heavy atom. The van der Waals surface area contributed by atoms with E-state index in [1.165, 1.54) is 11.1 Å². The molecule has 0 aliphatic heterocycles. The maximum Gasteiger partial charge on any atom is 0.181 e. The smallest absolute Gasteiger partial charge is 0.181 e. The summed E-state index contributed by atoms with van der Waals surface area (Å²) in [5.74, 6) is 0.761. The van der Waals surface area contributed by atoms with Crippen LogP contribution in [0.1, 0.15) is 30.5 Å². The van der Waals surface area contributed by atoms with Crippen LogP contribution < -0.4 is 10.5 Å². The first-order chi connectivity index (χ1) is 7.20. The molecular formula is C12H14N2O. The largest absolute Gasteiger partial charge is 0.476 e. The van der Waals surface area contributed by atoms with Gasteiger partial charge in [-0.25, -0.2) is 0 Å². The quantitative estimate of drug-likeness (QED) is 0.797. The average Bonchev–Trinajstić information content (AvgIpc) is 2.60. The van der Waals surface area contributed by atoms with Crippen LogP contribution in [0.5, 0.6) is 5.75 Å². The zero-order chi connectivity index (χ0) is 10.8. The van der Waals surface area contributed by atoms with Crippen molar-refractivity contribution in [1.82, 2.24) is 0 Å². The topological polar surface area (TPSA) is 59.0 Å². The molecule has 1 aliphatic rings. The Hall–Kier alpha value is -1.53. The van der Waals surface area contributed by atoms with Gasteiger partial charge >= 0.3 is 0 Å². The molecule has 0 aromatic heterocycles. The van der Waals surface area contributed by atoms with Crippen molar-refractivity contribution in [3.8, 4) is 11.8 Å². The van der Waals surface area contributed by atoms with E-state index in [0.717, 1.165) is 18.6 Å². The lowest BCUT2D eigenvalue weighted by Gasteiger charge is -2.10. The second-order valence-corrected chi connectivity index (χ2v) is 3.89. The van der Waals surface area contributed by atoms with Crippen molar-refractivity contribution in [1.29, 1.82) is 5.26 Å². The Balaban J connectivity index is 2.20. The van der Waals surface area contributed by atoms with Crippen LogP contribution in [0.3, 0.4) is 0 Å². The Kier molecular flexibility index (Phi) is 2.61. The average molecular weight is 202 g/mol. The SMILES string of the molecule is CC(C#N)Oc1ccc2c(c1)CCC2N. The minimum atomic E-state index is -0.405. The molecule has 1 aromatic rings.